The molecule has 1 aliphatic rings. The number of hydrogen-bond donors (Lipinski definition) is 1. The number of anilines is 1. The van der Waals surface area contributed by atoms with Crippen LogP contribution in [-0.4, -0.2) is 44.4 Å². The van der Waals surface area contributed by atoms with Gasteiger partial charge in [0.2, 0.25) is 0 Å². The van der Waals surface area contributed by atoms with Crippen molar-refractivity contribution in [2.45, 2.75) is 39.0 Å². The second-order valence-corrected chi connectivity index (χ2v) is 7.37. The monoisotopic (exact) mass is 438 g/mol. The number of urea groups is 1. The number of rotatable bonds is 4. The lowest BCUT2D eigenvalue weighted by atomic mass is 10.0. The Morgan fingerprint density at radius 3 is 2.74 bits per heavy atom. The fraction of sp³-hybridized carbons (Fsp3) is 0.421. The van der Waals surface area contributed by atoms with Crippen LogP contribution in [0.2, 0.25) is 0 Å². The molecular weight excluding hydrogens is 420 g/mol. The van der Waals surface area contributed by atoms with E-state index in [2.05, 4.69) is 15.6 Å². The fourth-order valence-corrected chi connectivity index (χ4v) is 3.21. The van der Waals surface area contributed by atoms with Crippen LogP contribution in [0.25, 0.3) is 0 Å². The van der Waals surface area contributed by atoms with E-state index in [1.54, 1.807) is 13.0 Å². The molecule has 1 aliphatic heterocycles. The third kappa shape index (κ3) is 4.65. The summed E-state index contributed by atoms with van der Waals surface area (Å²) in [4.78, 5) is 26.4. The Morgan fingerprint density at radius 2 is 2.10 bits per heavy atom. The van der Waals surface area contributed by atoms with Gasteiger partial charge in [0.15, 0.2) is 11.5 Å². The van der Waals surface area contributed by atoms with Gasteiger partial charge in [-0.25, -0.2) is 13.9 Å². The standard InChI is InChI=1S/C19H18F4N6O2/c1-10(19(21,22)23)5-16(30)17-15-9-28(8-11(2)29(15)27-26-17)18(31)25-13-3-4-14(20)12(6-13)7-24/h3-4,6,10-11H,5,8-9H2,1-2H3,(H,25,31)/t10-,11+/m0/s1. The van der Waals surface area contributed by atoms with E-state index in [9.17, 15) is 27.2 Å². The van der Waals surface area contributed by atoms with E-state index in [4.69, 9.17) is 5.26 Å². The highest BCUT2D eigenvalue weighted by Gasteiger charge is 2.39. The quantitative estimate of drug-likeness (QED) is 0.580. The van der Waals surface area contributed by atoms with Crippen LogP contribution in [0.15, 0.2) is 18.2 Å². The van der Waals surface area contributed by atoms with E-state index in [-0.39, 0.29) is 41.8 Å². The predicted octanol–water partition coefficient (Wildman–Crippen LogP) is 3.67. The Morgan fingerprint density at radius 1 is 1.39 bits per heavy atom. The Bertz CT molecular complexity index is 1060. The summed E-state index contributed by atoms with van der Waals surface area (Å²) in [6.45, 7) is 2.72. The van der Waals surface area contributed by atoms with Crippen molar-refractivity contribution in [3.8, 4) is 6.07 Å². The highest BCUT2D eigenvalue weighted by atomic mass is 19.4. The van der Waals surface area contributed by atoms with Gasteiger partial charge in [-0.2, -0.15) is 18.4 Å². The first-order chi connectivity index (χ1) is 14.5. The van der Waals surface area contributed by atoms with Crippen LogP contribution < -0.4 is 5.32 Å². The maximum atomic E-state index is 13.5. The molecule has 2 amide bonds. The van der Waals surface area contributed by atoms with Gasteiger partial charge in [0.05, 0.1) is 29.8 Å². The number of aromatic nitrogens is 3. The van der Waals surface area contributed by atoms with Gasteiger partial charge in [0.1, 0.15) is 11.9 Å². The van der Waals surface area contributed by atoms with Crippen molar-refractivity contribution in [3.05, 3.63) is 41.0 Å². The maximum Gasteiger partial charge on any atom is 0.391 e. The third-order valence-corrected chi connectivity index (χ3v) is 4.97. The number of nitriles is 1. The number of nitrogens with zero attached hydrogens (tertiary/aromatic N) is 5. The first kappa shape index (κ1) is 22.2. The van der Waals surface area contributed by atoms with E-state index >= 15 is 0 Å². The fourth-order valence-electron chi connectivity index (χ4n) is 3.21. The summed E-state index contributed by atoms with van der Waals surface area (Å²) in [6, 6.07) is 4.22. The minimum atomic E-state index is -4.51. The minimum Gasteiger partial charge on any atom is -0.316 e. The summed E-state index contributed by atoms with van der Waals surface area (Å²) in [7, 11) is 0. The number of ketones is 1. The van der Waals surface area contributed by atoms with Crippen LogP contribution >= 0.6 is 0 Å². The maximum absolute atomic E-state index is 13.5. The predicted molar refractivity (Wildman–Crippen MR) is 99.4 cm³/mol. The lowest BCUT2D eigenvalue weighted by Crippen LogP contribution is -2.43. The normalized spacial score (nSPS) is 16.9. The van der Waals surface area contributed by atoms with E-state index in [1.165, 1.54) is 21.7 Å². The number of carbonyl (C=O) groups is 2. The molecule has 3 rings (SSSR count). The number of amides is 2. The highest BCUT2D eigenvalue weighted by Crippen LogP contribution is 2.30. The van der Waals surface area contributed by atoms with Gasteiger partial charge in [-0.1, -0.05) is 12.1 Å². The second kappa shape index (κ2) is 8.33. The first-order valence-corrected chi connectivity index (χ1v) is 9.30. The number of hydrogen-bond acceptors (Lipinski definition) is 5. The molecule has 0 radical (unpaired) electrons. The second-order valence-electron chi connectivity index (χ2n) is 7.37. The molecule has 0 bridgehead atoms. The summed E-state index contributed by atoms with van der Waals surface area (Å²) >= 11 is 0. The van der Waals surface area contributed by atoms with Crippen LogP contribution in [0.5, 0.6) is 0 Å². The van der Waals surface area contributed by atoms with E-state index in [0.29, 0.717) is 0 Å². The number of carbonyl (C=O) groups excluding carboxylic acids is 2. The molecule has 0 unspecified atom stereocenters. The largest absolute Gasteiger partial charge is 0.391 e. The molecule has 1 aromatic carbocycles. The number of benzene rings is 1. The van der Waals surface area contributed by atoms with Crippen LogP contribution in [0.1, 0.15) is 48.1 Å². The van der Waals surface area contributed by atoms with Crippen LogP contribution in [-0.2, 0) is 6.54 Å². The Kier molecular flexibility index (Phi) is 5.97. The van der Waals surface area contributed by atoms with Crippen molar-refractivity contribution in [1.82, 2.24) is 19.9 Å². The molecule has 0 saturated heterocycles. The van der Waals surface area contributed by atoms with Crippen LogP contribution in [0.3, 0.4) is 0 Å². The molecule has 12 heteroatoms. The number of Topliss-reactive ketones (excluding diaryl/α,β-unsaturated/α-hetero) is 1. The molecule has 0 spiro atoms. The Labute approximate surface area is 174 Å². The van der Waals surface area contributed by atoms with Crippen molar-refractivity contribution >= 4 is 17.5 Å². The van der Waals surface area contributed by atoms with Gasteiger partial charge in [0.25, 0.3) is 0 Å². The Balaban J connectivity index is 1.78. The molecule has 164 valence electrons. The zero-order valence-corrected chi connectivity index (χ0v) is 16.6. The van der Waals surface area contributed by atoms with Gasteiger partial charge in [-0.3, -0.25) is 4.79 Å². The van der Waals surface area contributed by atoms with Gasteiger partial charge >= 0.3 is 12.2 Å². The van der Waals surface area contributed by atoms with E-state index in [0.717, 1.165) is 13.0 Å². The highest BCUT2D eigenvalue weighted by molar-refractivity contribution is 5.95. The lowest BCUT2D eigenvalue weighted by molar-refractivity contribution is -0.168. The molecule has 2 aromatic rings. The topological polar surface area (TPSA) is 104 Å². The van der Waals surface area contributed by atoms with Crippen molar-refractivity contribution < 1.29 is 27.2 Å². The summed E-state index contributed by atoms with van der Waals surface area (Å²) in [6.07, 6.45) is -5.29. The van der Waals surface area contributed by atoms with Crippen molar-refractivity contribution in [3.63, 3.8) is 0 Å². The van der Waals surface area contributed by atoms with Crippen molar-refractivity contribution in [2.24, 2.45) is 5.92 Å². The van der Waals surface area contributed by atoms with Gasteiger partial charge in [-0.05, 0) is 25.1 Å². The Hall–Kier alpha value is -3.49. The molecule has 1 aromatic heterocycles. The molecule has 8 nitrogen and oxygen atoms in total. The van der Waals surface area contributed by atoms with Crippen LogP contribution in [0, 0.1) is 23.1 Å². The first-order valence-electron chi connectivity index (χ1n) is 9.30. The molecular formula is C19H18F4N6O2. The zero-order chi connectivity index (χ0) is 22.9. The van der Waals surface area contributed by atoms with Crippen molar-refractivity contribution in [2.75, 3.05) is 11.9 Å². The summed E-state index contributed by atoms with van der Waals surface area (Å²) < 4.78 is 53.3. The average Bonchev–Trinajstić information content (AvgIpc) is 3.13. The molecule has 2 atom stereocenters. The number of fused-ring (bicyclic) bond motifs is 1. The number of nitrogens with one attached hydrogen (secondary N) is 1. The van der Waals surface area contributed by atoms with Crippen molar-refractivity contribution in [1.29, 1.82) is 5.26 Å². The molecule has 31 heavy (non-hydrogen) atoms. The smallest absolute Gasteiger partial charge is 0.316 e. The average molecular weight is 438 g/mol. The summed E-state index contributed by atoms with van der Waals surface area (Å²) in [5, 5.41) is 19.1. The SMILES string of the molecule is C[C@@H]1CN(C(=O)Nc2ccc(F)c(C#N)c2)Cc2c(C(=O)C[C@H](C)C(F)(F)F)nnn21. The molecule has 0 aliphatic carbocycles. The molecule has 2 heterocycles. The minimum absolute atomic E-state index is 0.100. The van der Waals surface area contributed by atoms with Crippen LogP contribution in [0.4, 0.5) is 28.0 Å². The molecule has 0 saturated carbocycles. The zero-order valence-electron chi connectivity index (χ0n) is 16.6. The number of alkyl halides is 3. The van der Waals surface area contributed by atoms with E-state index < -0.39 is 36.1 Å². The number of halogens is 4. The van der Waals surface area contributed by atoms with Gasteiger partial charge in [-0.15, -0.1) is 5.10 Å². The third-order valence-electron chi connectivity index (χ3n) is 4.97. The van der Waals surface area contributed by atoms with Gasteiger partial charge in [0, 0.05) is 18.7 Å². The lowest BCUT2D eigenvalue weighted by Gasteiger charge is -2.32. The van der Waals surface area contributed by atoms with Gasteiger partial charge < -0.3 is 10.2 Å². The molecule has 1 N–H and O–H groups in total. The molecule has 0 fully saturated rings. The summed E-state index contributed by atoms with van der Waals surface area (Å²) in [5.41, 5.74) is 0.000889. The summed E-state index contributed by atoms with van der Waals surface area (Å²) in [5.74, 6) is -3.37. The van der Waals surface area contributed by atoms with E-state index in [1.807, 2.05) is 0 Å².